The topological polar surface area (TPSA) is 169 Å². The molecule has 2 aromatic rings. The van der Waals surface area contributed by atoms with Gasteiger partial charge in [0, 0.05) is 13.2 Å². The van der Waals surface area contributed by atoms with Crippen molar-refractivity contribution in [3.8, 4) is 0 Å². The molecule has 1 unspecified atom stereocenters. The molecule has 3 heterocycles. The van der Waals surface area contributed by atoms with Crippen LogP contribution in [0.1, 0.15) is 110 Å². The molecule has 11 heteroatoms. The molecule has 0 amide bonds. The van der Waals surface area contributed by atoms with Gasteiger partial charge in [-0.2, -0.15) is 0 Å². The number of ether oxygens (including phenoxy) is 2. The van der Waals surface area contributed by atoms with E-state index in [1.54, 1.807) is 0 Å². The number of fused-ring (bicyclic) bond motifs is 1. The monoisotopic (exact) mass is 579 g/mol. The van der Waals surface area contributed by atoms with Crippen LogP contribution in [-0.4, -0.2) is 84.2 Å². The van der Waals surface area contributed by atoms with Crippen LogP contribution in [-0.2, 0) is 15.2 Å². The Hall–Kier alpha value is -1.89. The van der Waals surface area contributed by atoms with Gasteiger partial charge in [0.25, 0.3) is 0 Å². The van der Waals surface area contributed by atoms with Gasteiger partial charge in [-0.05, 0) is 19.3 Å². The van der Waals surface area contributed by atoms with Gasteiger partial charge in [-0.25, -0.2) is 15.0 Å². The minimum Gasteiger partial charge on any atom is -0.394 e. The third-order valence-corrected chi connectivity index (χ3v) is 8.28. The van der Waals surface area contributed by atoms with Crippen LogP contribution in [0.4, 0.5) is 5.82 Å². The lowest BCUT2D eigenvalue weighted by molar-refractivity contribution is -0.308. The van der Waals surface area contributed by atoms with Crippen LogP contribution in [0, 0.1) is 0 Å². The highest BCUT2D eigenvalue weighted by Gasteiger charge is 2.56. The fraction of sp³-hybridized carbons (Fsp3) is 0.833. The number of aliphatic hydroxyl groups is 4. The number of nitrogens with two attached hydrogens (primary N) is 1. The quantitative estimate of drug-likeness (QED) is 0.137. The number of imidazole rings is 1. The second kappa shape index (κ2) is 17.9. The average molecular weight is 580 g/mol. The number of hydrogen-bond donors (Lipinski definition) is 5. The van der Waals surface area contributed by atoms with Crippen LogP contribution >= 0.6 is 0 Å². The van der Waals surface area contributed by atoms with E-state index in [0.717, 1.165) is 12.8 Å². The second-order valence-corrected chi connectivity index (χ2v) is 11.5. The number of unbranched alkanes of at least 4 members (excludes halogenated alkanes) is 13. The van der Waals surface area contributed by atoms with E-state index in [4.69, 9.17) is 15.2 Å². The van der Waals surface area contributed by atoms with Gasteiger partial charge in [0.1, 0.15) is 36.3 Å². The van der Waals surface area contributed by atoms with Crippen molar-refractivity contribution in [2.75, 3.05) is 25.6 Å². The van der Waals surface area contributed by atoms with Crippen LogP contribution in [0.3, 0.4) is 0 Å². The third-order valence-electron chi connectivity index (χ3n) is 8.28. The van der Waals surface area contributed by atoms with E-state index in [1.165, 1.54) is 94.3 Å². The Morgan fingerprint density at radius 1 is 0.878 bits per heavy atom. The molecule has 0 aromatic carbocycles. The maximum absolute atomic E-state index is 11.7. The van der Waals surface area contributed by atoms with Crippen LogP contribution < -0.4 is 5.73 Å². The third kappa shape index (κ3) is 9.30. The number of nitrogen functional groups attached to an aromatic ring is 1. The Bertz CT molecular complexity index is 993. The van der Waals surface area contributed by atoms with Crippen molar-refractivity contribution in [1.29, 1.82) is 0 Å². The van der Waals surface area contributed by atoms with Crippen molar-refractivity contribution in [3.63, 3.8) is 0 Å². The highest BCUT2D eigenvalue weighted by molar-refractivity contribution is 5.81. The molecular formula is C30H53N5O6. The molecule has 0 radical (unpaired) electrons. The predicted molar refractivity (Wildman–Crippen MR) is 158 cm³/mol. The zero-order valence-electron chi connectivity index (χ0n) is 24.9. The van der Waals surface area contributed by atoms with Crippen LogP contribution in [0.15, 0.2) is 12.7 Å². The van der Waals surface area contributed by atoms with Crippen molar-refractivity contribution < 1.29 is 29.9 Å². The summed E-state index contributed by atoms with van der Waals surface area (Å²) in [6, 6.07) is 0. The molecule has 3 rings (SSSR count). The number of rotatable bonds is 21. The number of aliphatic hydroxyl groups excluding tert-OH is 3. The molecule has 2 aromatic heterocycles. The maximum atomic E-state index is 11.7. The molecule has 1 aliphatic heterocycles. The SMILES string of the molecule is CCCCCCCCCCCCCCCCOCCCC1O[C@H](CO)[C@H](O)[C@H](O)[C@]1(O)n1cnc2c(N)ncnc21. The lowest BCUT2D eigenvalue weighted by Crippen LogP contribution is -2.67. The Balaban J connectivity index is 1.33. The van der Waals surface area contributed by atoms with Gasteiger partial charge in [-0.3, -0.25) is 4.57 Å². The van der Waals surface area contributed by atoms with Gasteiger partial charge >= 0.3 is 0 Å². The van der Waals surface area contributed by atoms with Crippen molar-refractivity contribution >= 4 is 17.0 Å². The van der Waals surface area contributed by atoms with E-state index in [1.807, 2.05) is 0 Å². The van der Waals surface area contributed by atoms with Crippen molar-refractivity contribution in [2.24, 2.45) is 0 Å². The van der Waals surface area contributed by atoms with Crippen LogP contribution in [0.2, 0.25) is 0 Å². The second-order valence-electron chi connectivity index (χ2n) is 11.5. The Labute approximate surface area is 244 Å². The number of anilines is 1. The first-order valence-electron chi connectivity index (χ1n) is 15.8. The Morgan fingerprint density at radius 2 is 1.46 bits per heavy atom. The molecule has 11 nitrogen and oxygen atoms in total. The van der Waals surface area contributed by atoms with E-state index < -0.39 is 36.7 Å². The van der Waals surface area contributed by atoms with Crippen molar-refractivity contribution in [2.45, 2.75) is 140 Å². The fourth-order valence-corrected chi connectivity index (χ4v) is 5.75. The minimum atomic E-state index is -2.09. The maximum Gasteiger partial charge on any atom is 0.200 e. The summed E-state index contributed by atoms with van der Waals surface area (Å²) < 4.78 is 13.0. The summed E-state index contributed by atoms with van der Waals surface area (Å²) in [4.78, 5) is 12.3. The zero-order valence-corrected chi connectivity index (χ0v) is 24.9. The minimum absolute atomic E-state index is 0.130. The summed E-state index contributed by atoms with van der Waals surface area (Å²) >= 11 is 0. The predicted octanol–water partition coefficient (Wildman–Crippen LogP) is 3.81. The molecule has 41 heavy (non-hydrogen) atoms. The van der Waals surface area contributed by atoms with Crippen LogP contribution in [0.5, 0.6) is 0 Å². The summed E-state index contributed by atoms with van der Waals surface area (Å²) in [5, 5.41) is 42.9. The summed E-state index contributed by atoms with van der Waals surface area (Å²) in [6.45, 7) is 2.91. The van der Waals surface area contributed by atoms with E-state index in [0.29, 0.717) is 26.1 Å². The Morgan fingerprint density at radius 3 is 2.07 bits per heavy atom. The van der Waals surface area contributed by atoms with Gasteiger partial charge in [-0.15, -0.1) is 0 Å². The molecule has 6 N–H and O–H groups in total. The Kier molecular flexibility index (Phi) is 14.7. The fourth-order valence-electron chi connectivity index (χ4n) is 5.75. The van der Waals surface area contributed by atoms with Gasteiger partial charge in [0.15, 0.2) is 17.2 Å². The van der Waals surface area contributed by atoms with Crippen molar-refractivity contribution in [3.05, 3.63) is 12.7 Å². The lowest BCUT2D eigenvalue weighted by atomic mass is 9.86. The first kappa shape index (κ1) is 33.6. The first-order chi connectivity index (χ1) is 19.9. The number of hydrogen-bond acceptors (Lipinski definition) is 10. The lowest BCUT2D eigenvalue weighted by Gasteiger charge is -2.48. The summed E-state index contributed by atoms with van der Waals surface area (Å²) in [6.07, 6.45) is 16.6. The summed E-state index contributed by atoms with van der Waals surface area (Å²) in [7, 11) is 0. The van der Waals surface area contributed by atoms with Crippen molar-refractivity contribution in [1.82, 2.24) is 19.5 Å². The van der Waals surface area contributed by atoms with Gasteiger partial charge in [-0.1, -0.05) is 90.4 Å². The molecule has 0 spiro atoms. The molecule has 0 bridgehead atoms. The molecule has 0 saturated carbocycles. The first-order valence-corrected chi connectivity index (χ1v) is 15.8. The summed E-state index contributed by atoms with van der Waals surface area (Å²) in [5.41, 5.74) is 4.27. The van der Waals surface area contributed by atoms with Gasteiger partial charge in [0.05, 0.1) is 12.9 Å². The largest absolute Gasteiger partial charge is 0.394 e. The van der Waals surface area contributed by atoms with Gasteiger partial charge < -0.3 is 35.6 Å². The van der Waals surface area contributed by atoms with E-state index >= 15 is 0 Å². The number of aromatic nitrogens is 4. The highest BCUT2D eigenvalue weighted by Crippen LogP contribution is 2.38. The normalized spacial score (nSPS) is 24.8. The number of nitrogens with zero attached hydrogens (tertiary/aromatic N) is 4. The molecule has 5 atom stereocenters. The molecule has 1 fully saturated rings. The van der Waals surface area contributed by atoms with E-state index in [9.17, 15) is 20.4 Å². The molecule has 234 valence electrons. The summed E-state index contributed by atoms with van der Waals surface area (Å²) in [5.74, 6) is 0.130. The van der Waals surface area contributed by atoms with Gasteiger partial charge in [0.2, 0.25) is 0 Å². The standard InChI is InChI=1S/C30H53N5O6/c1-2-3-4-5-6-7-8-9-10-11-12-13-14-15-18-40-19-16-17-24-30(39,27(38)26(37)23(20-36)41-24)35-22-34-25-28(31)32-21-33-29(25)35/h21-24,26-27,36-39H,2-20H2,1H3,(H2,31,32,33)/t23-,24?,26+,27+,30+/m1/s1. The van der Waals surface area contributed by atoms with Crippen LogP contribution in [0.25, 0.3) is 11.2 Å². The molecular weight excluding hydrogens is 526 g/mol. The smallest absolute Gasteiger partial charge is 0.200 e. The van der Waals surface area contributed by atoms with E-state index in [-0.39, 0.29) is 17.0 Å². The molecule has 0 aliphatic carbocycles. The zero-order chi connectivity index (χ0) is 29.5. The van der Waals surface area contributed by atoms with E-state index in [2.05, 4.69) is 21.9 Å². The molecule has 1 aliphatic rings. The highest BCUT2D eigenvalue weighted by atomic mass is 16.6. The average Bonchev–Trinajstić information content (AvgIpc) is 3.42. The molecule has 1 saturated heterocycles.